The van der Waals surface area contributed by atoms with Crippen molar-refractivity contribution in [2.45, 2.75) is 45.3 Å². The zero-order valence-electron chi connectivity index (χ0n) is 14.6. The summed E-state index contributed by atoms with van der Waals surface area (Å²) in [5.41, 5.74) is 1.69. The normalized spacial score (nSPS) is 18.6. The van der Waals surface area contributed by atoms with E-state index in [2.05, 4.69) is 4.98 Å². The van der Waals surface area contributed by atoms with Crippen LogP contribution < -0.4 is 5.46 Å². The minimum absolute atomic E-state index is 0.0129. The van der Waals surface area contributed by atoms with E-state index in [1.165, 1.54) is 0 Å². The van der Waals surface area contributed by atoms with Crippen LogP contribution in [0.15, 0.2) is 48.7 Å². The molecule has 4 nitrogen and oxygen atoms in total. The highest BCUT2D eigenvalue weighted by Gasteiger charge is 2.51. The van der Waals surface area contributed by atoms with E-state index in [1.54, 1.807) is 18.3 Å². The molecular weight excluding hydrogens is 301 g/mol. The monoisotopic (exact) mass is 323 g/mol. The van der Waals surface area contributed by atoms with Gasteiger partial charge in [-0.2, -0.15) is 0 Å². The van der Waals surface area contributed by atoms with Crippen molar-refractivity contribution in [1.29, 1.82) is 0 Å². The van der Waals surface area contributed by atoms with Crippen molar-refractivity contribution in [3.63, 3.8) is 0 Å². The highest BCUT2D eigenvalue weighted by molar-refractivity contribution is 6.62. The van der Waals surface area contributed by atoms with Crippen LogP contribution in [0.1, 0.15) is 43.7 Å². The third-order valence-electron chi connectivity index (χ3n) is 4.82. The molecule has 0 bridgehead atoms. The molecule has 1 aliphatic heterocycles. The number of pyridine rings is 1. The van der Waals surface area contributed by atoms with E-state index in [0.717, 1.165) is 11.0 Å². The average molecular weight is 323 g/mol. The minimum Gasteiger partial charge on any atom is -0.399 e. The first kappa shape index (κ1) is 16.9. The number of aromatic nitrogens is 1. The Morgan fingerprint density at radius 2 is 1.62 bits per heavy atom. The van der Waals surface area contributed by atoms with Crippen LogP contribution in [0.2, 0.25) is 0 Å². The highest BCUT2D eigenvalue weighted by Crippen LogP contribution is 2.36. The Bertz CT molecular complexity index is 710. The van der Waals surface area contributed by atoms with Gasteiger partial charge in [-0.15, -0.1) is 0 Å². The van der Waals surface area contributed by atoms with Crippen LogP contribution in [-0.2, 0) is 15.7 Å². The Kier molecular flexibility index (Phi) is 4.32. The molecule has 124 valence electrons. The maximum Gasteiger partial charge on any atom is 0.494 e. The second-order valence-electron chi connectivity index (χ2n) is 7.14. The first-order valence-corrected chi connectivity index (χ1v) is 8.17. The SMILES string of the molecule is CC1(C)OB(c2ccc(CC(=O)c3ccccn3)cc2)OC1(C)C. The van der Waals surface area contributed by atoms with Crippen molar-refractivity contribution in [2.75, 3.05) is 0 Å². The van der Waals surface area contributed by atoms with Gasteiger partial charge >= 0.3 is 7.12 Å². The molecule has 0 N–H and O–H groups in total. The van der Waals surface area contributed by atoms with E-state index in [-0.39, 0.29) is 24.1 Å². The largest absolute Gasteiger partial charge is 0.494 e. The molecule has 5 heteroatoms. The Morgan fingerprint density at radius 3 is 2.17 bits per heavy atom. The van der Waals surface area contributed by atoms with Crippen molar-refractivity contribution in [2.24, 2.45) is 0 Å². The predicted octanol–water partition coefficient (Wildman–Crippen LogP) is 2.81. The van der Waals surface area contributed by atoms with E-state index in [0.29, 0.717) is 12.1 Å². The summed E-state index contributed by atoms with van der Waals surface area (Å²) in [6, 6.07) is 13.2. The van der Waals surface area contributed by atoms with Crippen LogP contribution in [0.4, 0.5) is 0 Å². The van der Waals surface area contributed by atoms with Gasteiger partial charge < -0.3 is 9.31 Å². The molecule has 0 spiro atoms. The van der Waals surface area contributed by atoms with Crippen LogP contribution in [0.25, 0.3) is 0 Å². The number of Topliss-reactive ketones (excluding diaryl/α,β-unsaturated/α-hetero) is 1. The third-order valence-corrected chi connectivity index (χ3v) is 4.82. The molecule has 0 saturated carbocycles. The van der Waals surface area contributed by atoms with E-state index >= 15 is 0 Å². The van der Waals surface area contributed by atoms with Crippen molar-refractivity contribution in [3.8, 4) is 0 Å². The molecule has 0 atom stereocenters. The summed E-state index contributed by atoms with van der Waals surface area (Å²) < 4.78 is 12.1. The summed E-state index contributed by atoms with van der Waals surface area (Å²) >= 11 is 0. The van der Waals surface area contributed by atoms with Gasteiger partial charge in [0.1, 0.15) is 5.69 Å². The first-order chi connectivity index (χ1) is 11.3. The Hall–Kier alpha value is -1.98. The van der Waals surface area contributed by atoms with Gasteiger partial charge in [-0.05, 0) is 50.9 Å². The summed E-state index contributed by atoms with van der Waals surface area (Å²) in [6.45, 7) is 8.14. The fraction of sp³-hybridized carbons (Fsp3) is 0.368. The van der Waals surface area contributed by atoms with Crippen LogP contribution in [-0.4, -0.2) is 29.1 Å². The summed E-state index contributed by atoms with van der Waals surface area (Å²) in [6.07, 6.45) is 1.97. The molecule has 1 fully saturated rings. The van der Waals surface area contributed by atoms with Crippen LogP contribution in [0.5, 0.6) is 0 Å². The quantitative estimate of drug-likeness (QED) is 0.641. The highest BCUT2D eigenvalue weighted by atomic mass is 16.7. The number of ketones is 1. The van der Waals surface area contributed by atoms with Crippen molar-refractivity contribution in [1.82, 2.24) is 4.98 Å². The number of rotatable bonds is 4. The van der Waals surface area contributed by atoms with Crippen LogP contribution in [0, 0.1) is 0 Å². The van der Waals surface area contributed by atoms with Crippen molar-refractivity contribution in [3.05, 3.63) is 59.9 Å². The van der Waals surface area contributed by atoms with Crippen molar-refractivity contribution >= 4 is 18.4 Å². The molecule has 0 amide bonds. The van der Waals surface area contributed by atoms with Gasteiger partial charge in [-0.1, -0.05) is 30.3 Å². The Balaban J connectivity index is 1.70. The van der Waals surface area contributed by atoms with E-state index < -0.39 is 0 Å². The maximum atomic E-state index is 12.2. The molecule has 24 heavy (non-hydrogen) atoms. The lowest BCUT2D eigenvalue weighted by molar-refractivity contribution is 0.00578. The van der Waals surface area contributed by atoms with E-state index in [9.17, 15) is 4.79 Å². The van der Waals surface area contributed by atoms with E-state index in [4.69, 9.17) is 9.31 Å². The molecule has 1 aliphatic rings. The molecule has 0 radical (unpaired) electrons. The van der Waals surface area contributed by atoms with Crippen LogP contribution in [0.3, 0.4) is 0 Å². The van der Waals surface area contributed by atoms with Gasteiger partial charge in [0.25, 0.3) is 0 Å². The van der Waals surface area contributed by atoms with Crippen molar-refractivity contribution < 1.29 is 14.1 Å². The summed E-state index contributed by atoms with van der Waals surface area (Å²) in [5.74, 6) is 0.0129. The molecule has 1 saturated heterocycles. The molecular formula is C19H22BNO3. The molecule has 2 aromatic rings. The molecule has 2 heterocycles. The Labute approximate surface area is 143 Å². The summed E-state index contributed by atoms with van der Waals surface area (Å²) in [7, 11) is -0.379. The fourth-order valence-corrected chi connectivity index (χ4v) is 2.58. The fourth-order valence-electron chi connectivity index (χ4n) is 2.58. The van der Waals surface area contributed by atoms with Gasteiger partial charge in [0.15, 0.2) is 5.78 Å². The lowest BCUT2D eigenvalue weighted by atomic mass is 9.78. The molecule has 0 aliphatic carbocycles. The second-order valence-corrected chi connectivity index (χ2v) is 7.14. The lowest BCUT2D eigenvalue weighted by Crippen LogP contribution is -2.41. The van der Waals surface area contributed by atoms with Gasteiger partial charge in [0.2, 0.25) is 0 Å². The third kappa shape index (κ3) is 3.28. The first-order valence-electron chi connectivity index (χ1n) is 8.17. The van der Waals surface area contributed by atoms with Crippen LogP contribution >= 0.6 is 0 Å². The second kappa shape index (κ2) is 6.15. The number of hydrogen-bond acceptors (Lipinski definition) is 4. The number of hydrogen-bond donors (Lipinski definition) is 0. The van der Waals surface area contributed by atoms with Gasteiger partial charge in [0, 0.05) is 12.6 Å². The number of benzene rings is 1. The minimum atomic E-state index is -0.379. The average Bonchev–Trinajstić information content (AvgIpc) is 2.77. The van der Waals surface area contributed by atoms with Gasteiger partial charge in [-0.3, -0.25) is 9.78 Å². The molecule has 1 aromatic heterocycles. The van der Waals surface area contributed by atoms with E-state index in [1.807, 2.05) is 58.0 Å². The summed E-state index contributed by atoms with van der Waals surface area (Å²) in [5, 5.41) is 0. The molecule has 1 aromatic carbocycles. The summed E-state index contributed by atoms with van der Waals surface area (Å²) in [4.78, 5) is 16.3. The molecule has 3 rings (SSSR count). The maximum absolute atomic E-state index is 12.2. The standard InChI is InChI=1S/C19H22BNO3/c1-18(2)19(3,4)24-20(23-18)15-10-8-14(9-11-15)13-17(22)16-7-5-6-12-21-16/h5-12H,13H2,1-4H3. The van der Waals surface area contributed by atoms with Gasteiger partial charge in [-0.25, -0.2) is 0 Å². The lowest BCUT2D eigenvalue weighted by Gasteiger charge is -2.32. The zero-order valence-corrected chi connectivity index (χ0v) is 14.6. The molecule has 0 unspecified atom stereocenters. The topological polar surface area (TPSA) is 48.4 Å². The predicted molar refractivity (Wildman–Crippen MR) is 94.4 cm³/mol. The number of nitrogens with zero attached hydrogens (tertiary/aromatic N) is 1. The zero-order chi connectivity index (χ0) is 17.4. The number of carbonyl (C=O) groups is 1. The smallest absolute Gasteiger partial charge is 0.399 e. The Morgan fingerprint density at radius 1 is 1.00 bits per heavy atom. The van der Waals surface area contributed by atoms with Gasteiger partial charge in [0.05, 0.1) is 11.2 Å². The number of carbonyl (C=O) groups excluding carboxylic acids is 1.